The van der Waals surface area contributed by atoms with Crippen LogP contribution in [0, 0.1) is 0 Å². The number of aromatic nitrogens is 3. The molecule has 2 heterocycles. The van der Waals surface area contributed by atoms with Crippen molar-refractivity contribution < 1.29 is 0 Å². The summed E-state index contributed by atoms with van der Waals surface area (Å²) in [6, 6.07) is 11.8. The SMILES string of the molecule is Clc1ccc2nc(-c3c[nH]c4ccc(Br)cc34)[nH]c2c1. The van der Waals surface area contributed by atoms with Gasteiger partial charge in [-0.3, -0.25) is 0 Å². The average Bonchev–Trinajstić information content (AvgIpc) is 3.00. The Labute approximate surface area is 128 Å². The second-order valence-electron chi connectivity index (χ2n) is 4.64. The minimum Gasteiger partial charge on any atom is -0.360 e. The topological polar surface area (TPSA) is 44.5 Å². The molecule has 0 aliphatic rings. The van der Waals surface area contributed by atoms with E-state index >= 15 is 0 Å². The predicted octanol–water partition coefficient (Wildman–Crippen LogP) is 5.13. The van der Waals surface area contributed by atoms with E-state index in [0.29, 0.717) is 5.02 Å². The summed E-state index contributed by atoms with van der Waals surface area (Å²) in [5, 5.41) is 1.83. The first-order valence-corrected chi connectivity index (χ1v) is 7.30. The molecule has 3 nitrogen and oxygen atoms in total. The van der Waals surface area contributed by atoms with E-state index in [1.807, 2.05) is 36.5 Å². The molecule has 0 fully saturated rings. The molecule has 2 N–H and O–H groups in total. The van der Waals surface area contributed by atoms with Crippen LogP contribution in [0.25, 0.3) is 33.3 Å². The molecule has 0 radical (unpaired) electrons. The molecule has 5 heteroatoms. The maximum absolute atomic E-state index is 6.01. The number of imidazole rings is 1. The Morgan fingerprint density at radius 1 is 1.05 bits per heavy atom. The fraction of sp³-hybridized carbons (Fsp3) is 0. The van der Waals surface area contributed by atoms with Crippen LogP contribution in [-0.4, -0.2) is 15.0 Å². The minimum absolute atomic E-state index is 0.703. The van der Waals surface area contributed by atoms with Crippen molar-refractivity contribution in [2.75, 3.05) is 0 Å². The summed E-state index contributed by atoms with van der Waals surface area (Å²) < 4.78 is 1.05. The summed E-state index contributed by atoms with van der Waals surface area (Å²) in [7, 11) is 0. The van der Waals surface area contributed by atoms with Crippen LogP contribution < -0.4 is 0 Å². The van der Waals surface area contributed by atoms with Gasteiger partial charge in [0.2, 0.25) is 0 Å². The Kier molecular flexibility index (Phi) is 2.62. The molecule has 0 amide bonds. The first-order valence-electron chi connectivity index (χ1n) is 6.13. The van der Waals surface area contributed by atoms with Gasteiger partial charge >= 0.3 is 0 Å². The van der Waals surface area contributed by atoms with Crippen molar-refractivity contribution in [2.24, 2.45) is 0 Å². The third-order valence-corrected chi connectivity index (χ3v) is 4.07. The first-order chi connectivity index (χ1) is 9.70. The molecule has 20 heavy (non-hydrogen) atoms. The molecule has 0 aliphatic carbocycles. The molecular formula is C15H9BrClN3. The number of halogens is 2. The van der Waals surface area contributed by atoms with Crippen LogP contribution in [0.1, 0.15) is 0 Å². The van der Waals surface area contributed by atoms with Gasteiger partial charge in [-0.2, -0.15) is 0 Å². The quantitative estimate of drug-likeness (QED) is 0.493. The molecule has 0 saturated carbocycles. The molecule has 0 saturated heterocycles. The number of hydrogen-bond donors (Lipinski definition) is 2. The molecule has 0 atom stereocenters. The largest absolute Gasteiger partial charge is 0.360 e. The van der Waals surface area contributed by atoms with Crippen molar-refractivity contribution in [1.82, 2.24) is 15.0 Å². The van der Waals surface area contributed by atoms with Crippen molar-refractivity contribution >= 4 is 49.5 Å². The lowest BCUT2D eigenvalue weighted by Gasteiger charge is -1.95. The summed E-state index contributed by atoms with van der Waals surface area (Å²) in [5.41, 5.74) is 3.99. The van der Waals surface area contributed by atoms with Gasteiger partial charge in [-0.15, -0.1) is 0 Å². The smallest absolute Gasteiger partial charge is 0.140 e. The van der Waals surface area contributed by atoms with E-state index in [-0.39, 0.29) is 0 Å². The molecule has 98 valence electrons. The number of hydrogen-bond acceptors (Lipinski definition) is 1. The molecule has 0 aliphatic heterocycles. The summed E-state index contributed by atoms with van der Waals surface area (Å²) in [4.78, 5) is 11.2. The van der Waals surface area contributed by atoms with Crippen LogP contribution in [0.5, 0.6) is 0 Å². The number of fused-ring (bicyclic) bond motifs is 2. The van der Waals surface area contributed by atoms with Crippen molar-refractivity contribution in [3.05, 3.63) is 52.1 Å². The van der Waals surface area contributed by atoms with Crippen LogP contribution in [0.2, 0.25) is 5.02 Å². The monoisotopic (exact) mass is 345 g/mol. The van der Waals surface area contributed by atoms with E-state index in [9.17, 15) is 0 Å². The van der Waals surface area contributed by atoms with E-state index in [0.717, 1.165) is 37.8 Å². The highest BCUT2D eigenvalue weighted by molar-refractivity contribution is 9.10. The van der Waals surface area contributed by atoms with Crippen LogP contribution in [0.15, 0.2) is 47.1 Å². The first kappa shape index (κ1) is 12.0. The van der Waals surface area contributed by atoms with Gasteiger partial charge in [-0.05, 0) is 36.4 Å². The number of benzene rings is 2. The molecule has 4 aromatic rings. The van der Waals surface area contributed by atoms with Crippen LogP contribution in [0.3, 0.4) is 0 Å². The highest BCUT2D eigenvalue weighted by atomic mass is 79.9. The maximum atomic E-state index is 6.01. The number of aromatic amines is 2. The van der Waals surface area contributed by atoms with Gasteiger partial charge in [0.1, 0.15) is 5.82 Å². The minimum atomic E-state index is 0.703. The summed E-state index contributed by atoms with van der Waals surface area (Å²) in [6.45, 7) is 0. The summed E-state index contributed by atoms with van der Waals surface area (Å²) >= 11 is 9.51. The van der Waals surface area contributed by atoms with Crippen molar-refractivity contribution in [2.45, 2.75) is 0 Å². The van der Waals surface area contributed by atoms with Gasteiger partial charge in [0, 0.05) is 32.2 Å². The Morgan fingerprint density at radius 2 is 1.95 bits per heavy atom. The molecule has 0 spiro atoms. The third-order valence-electron chi connectivity index (χ3n) is 3.34. The third kappa shape index (κ3) is 1.84. The van der Waals surface area contributed by atoms with Gasteiger partial charge in [0.25, 0.3) is 0 Å². The molecule has 2 aromatic heterocycles. The van der Waals surface area contributed by atoms with Crippen molar-refractivity contribution in [1.29, 1.82) is 0 Å². The summed E-state index contributed by atoms with van der Waals surface area (Å²) in [5.74, 6) is 0.839. The zero-order chi connectivity index (χ0) is 13.7. The van der Waals surface area contributed by atoms with Crippen LogP contribution in [-0.2, 0) is 0 Å². The lowest BCUT2D eigenvalue weighted by atomic mass is 10.2. The Morgan fingerprint density at radius 3 is 2.85 bits per heavy atom. The van der Waals surface area contributed by atoms with E-state index in [2.05, 4.69) is 36.9 Å². The second-order valence-corrected chi connectivity index (χ2v) is 5.99. The molecular weight excluding hydrogens is 338 g/mol. The van der Waals surface area contributed by atoms with E-state index < -0.39 is 0 Å². The Balaban J connectivity index is 1.98. The zero-order valence-corrected chi connectivity index (χ0v) is 12.6. The molecule has 2 aromatic carbocycles. The van der Waals surface area contributed by atoms with E-state index in [1.54, 1.807) is 0 Å². The van der Waals surface area contributed by atoms with Crippen LogP contribution in [0.4, 0.5) is 0 Å². The Bertz CT molecular complexity index is 939. The number of nitrogens with one attached hydrogen (secondary N) is 2. The van der Waals surface area contributed by atoms with E-state index in [4.69, 9.17) is 11.6 Å². The van der Waals surface area contributed by atoms with Crippen LogP contribution >= 0.6 is 27.5 Å². The standard InChI is InChI=1S/C15H9BrClN3/c16-8-1-3-12-10(5-8)11(7-18-12)15-19-13-4-2-9(17)6-14(13)20-15/h1-7,18H,(H,19,20). The lowest BCUT2D eigenvalue weighted by Crippen LogP contribution is -1.77. The highest BCUT2D eigenvalue weighted by Gasteiger charge is 2.11. The zero-order valence-electron chi connectivity index (χ0n) is 10.2. The fourth-order valence-corrected chi connectivity index (χ4v) is 2.93. The van der Waals surface area contributed by atoms with E-state index in [1.165, 1.54) is 0 Å². The maximum Gasteiger partial charge on any atom is 0.140 e. The molecule has 4 rings (SSSR count). The normalized spacial score (nSPS) is 11.5. The number of H-pyrrole nitrogens is 2. The number of rotatable bonds is 1. The molecule has 0 bridgehead atoms. The van der Waals surface area contributed by atoms with Gasteiger partial charge < -0.3 is 9.97 Å². The predicted molar refractivity (Wildman–Crippen MR) is 86.1 cm³/mol. The fourth-order valence-electron chi connectivity index (χ4n) is 2.40. The van der Waals surface area contributed by atoms with Gasteiger partial charge in [-0.25, -0.2) is 4.98 Å². The van der Waals surface area contributed by atoms with Crippen molar-refractivity contribution in [3.8, 4) is 11.4 Å². The molecule has 0 unspecified atom stereocenters. The summed E-state index contributed by atoms with van der Waals surface area (Å²) in [6.07, 6.45) is 1.97. The van der Waals surface area contributed by atoms with Gasteiger partial charge in [-0.1, -0.05) is 27.5 Å². The van der Waals surface area contributed by atoms with Gasteiger partial charge in [0.05, 0.1) is 11.0 Å². The highest BCUT2D eigenvalue weighted by Crippen LogP contribution is 2.30. The van der Waals surface area contributed by atoms with Gasteiger partial charge in [0.15, 0.2) is 0 Å². The average molecular weight is 347 g/mol. The Hall–Kier alpha value is -1.78. The lowest BCUT2D eigenvalue weighted by molar-refractivity contribution is 1.34. The number of nitrogens with zero attached hydrogens (tertiary/aromatic N) is 1. The second kappa shape index (κ2) is 4.36. The van der Waals surface area contributed by atoms with Crippen molar-refractivity contribution in [3.63, 3.8) is 0 Å².